The zero-order valence-electron chi connectivity index (χ0n) is 15.9. The lowest BCUT2D eigenvalue weighted by Gasteiger charge is -2.25. The van der Waals surface area contributed by atoms with Gasteiger partial charge in [0.15, 0.2) is 0 Å². The van der Waals surface area contributed by atoms with Crippen molar-refractivity contribution >= 4 is 23.1 Å². The van der Waals surface area contributed by atoms with E-state index in [-0.39, 0.29) is 11.7 Å². The van der Waals surface area contributed by atoms with Crippen LogP contribution in [0.4, 0.5) is 5.69 Å². The first-order valence-corrected chi connectivity index (χ1v) is 10.4. The topological polar surface area (TPSA) is 63.2 Å². The molecule has 0 amide bonds. The number of hydrogen-bond donors (Lipinski definition) is 2. The molecule has 3 heterocycles. The molecule has 2 aliphatic rings. The van der Waals surface area contributed by atoms with Crippen LogP contribution in [0.15, 0.2) is 36.5 Å². The van der Waals surface area contributed by atoms with Crippen LogP contribution in [-0.4, -0.2) is 43.6 Å². The number of ether oxygens (including phenoxy) is 1. The normalized spacial score (nSPS) is 17.9. The van der Waals surface area contributed by atoms with Crippen LogP contribution in [0.1, 0.15) is 18.5 Å². The van der Waals surface area contributed by atoms with Crippen molar-refractivity contribution in [3.63, 3.8) is 0 Å². The predicted octanol–water partition coefficient (Wildman–Crippen LogP) is 3.57. The fourth-order valence-electron chi connectivity index (χ4n) is 3.65. The van der Waals surface area contributed by atoms with E-state index in [0.717, 1.165) is 68.2 Å². The molecule has 5 nitrogen and oxygen atoms in total. The van der Waals surface area contributed by atoms with Gasteiger partial charge in [0.05, 0.1) is 5.02 Å². The fourth-order valence-corrected chi connectivity index (χ4v) is 3.86. The lowest BCUT2D eigenvalue weighted by atomic mass is 9.94. The summed E-state index contributed by atoms with van der Waals surface area (Å²) in [7, 11) is 0. The standard InChI is InChI=1S/C22H26ClN3O2/c23-21-14-26-19(10-22(27)17-12-24-13-17)9-20(21)16-2-1-3-18(8-16)25-11-15-4-6-28-7-5-15/h1-3,8-9,14-15,17,24-25H,4-7,10-13H2. The van der Waals surface area contributed by atoms with Gasteiger partial charge in [-0.25, -0.2) is 0 Å². The maximum Gasteiger partial charge on any atom is 0.144 e. The SMILES string of the molecule is O=C(Cc1cc(-c2cccc(NCC3CCOCC3)c2)c(Cl)cn1)C1CNC1. The highest BCUT2D eigenvalue weighted by Crippen LogP contribution is 2.30. The minimum Gasteiger partial charge on any atom is -0.385 e. The second-order valence-electron chi connectivity index (χ2n) is 7.67. The van der Waals surface area contributed by atoms with E-state index in [4.69, 9.17) is 16.3 Å². The Morgan fingerprint density at radius 3 is 2.82 bits per heavy atom. The Balaban J connectivity index is 1.46. The average molecular weight is 400 g/mol. The number of anilines is 1. The molecule has 2 N–H and O–H groups in total. The Morgan fingerprint density at radius 2 is 2.07 bits per heavy atom. The van der Waals surface area contributed by atoms with Crippen molar-refractivity contribution in [1.82, 2.24) is 10.3 Å². The lowest BCUT2D eigenvalue weighted by molar-refractivity contribution is -0.123. The molecule has 0 bridgehead atoms. The minimum absolute atomic E-state index is 0.124. The van der Waals surface area contributed by atoms with E-state index in [1.54, 1.807) is 6.20 Å². The molecule has 1 aromatic heterocycles. The molecular weight excluding hydrogens is 374 g/mol. The molecule has 1 aromatic carbocycles. The van der Waals surface area contributed by atoms with E-state index >= 15 is 0 Å². The fraction of sp³-hybridized carbons (Fsp3) is 0.455. The van der Waals surface area contributed by atoms with Crippen LogP contribution in [0.2, 0.25) is 5.02 Å². The van der Waals surface area contributed by atoms with E-state index in [2.05, 4.69) is 27.8 Å². The number of carbonyl (C=O) groups excluding carboxylic acids is 1. The number of carbonyl (C=O) groups is 1. The molecule has 0 saturated carbocycles. The van der Waals surface area contributed by atoms with E-state index in [1.807, 2.05) is 18.2 Å². The Labute approximate surface area is 170 Å². The number of benzene rings is 1. The smallest absolute Gasteiger partial charge is 0.144 e. The number of aromatic nitrogens is 1. The van der Waals surface area contributed by atoms with Gasteiger partial charge in [-0.1, -0.05) is 23.7 Å². The van der Waals surface area contributed by atoms with Crippen LogP contribution in [0.5, 0.6) is 0 Å². The third-order valence-corrected chi connectivity index (χ3v) is 5.91. The summed E-state index contributed by atoms with van der Waals surface area (Å²) in [6, 6.07) is 10.2. The number of Topliss-reactive ketones (excluding diaryl/α,β-unsaturated/α-hetero) is 1. The molecule has 2 aromatic rings. The highest BCUT2D eigenvalue weighted by atomic mass is 35.5. The van der Waals surface area contributed by atoms with E-state index in [1.165, 1.54) is 0 Å². The first kappa shape index (κ1) is 19.4. The minimum atomic E-state index is 0.124. The van der Waals surface area contributed by atoms with Gasteiger partial charge < -0.3 is 15.4 Å². The molecule has 6 heteroatoms. The number of halogens is 1. The van der Waals surface area contributed by atoms with Crippen LogP contribution in [-0.2, 0) is 16.0 Å². The van der Waals surface area contributed by atoms with Gasteiger partial charge >= 0.3 is 0 Å². The molecule has 28 heavy (non-hydrogen) atoms. The first-order chi connectivity index (χ1) is 13.7. The van der Waals surface area contributed by atoms with Gasteiger partial charge in [0.25, 0.3) is 0 Å². The number of ketones is 1. The summed E-state index contributed by atoms with van der Waals surface area (Å²) >= 11 is 6.43. The lowest BCUT2D eigenvalue weighted by Crippen LogP contribution is -2.47. The number of hydrogen-bond acceptors (Lipinski definition) is 5. The van der Waals surface area contributed by atoms with Crippen LogP contribution in [0, 0.1) is 11.8 Å². The third-order valence-electron chi connectivity index (χ3n) is 5.61. The van der Waals surface area contributed by atoms with Gasteiger partial charge in [0, 0.05) is 68.3 Å². The highest BCUT2D eigenvalue weighted by molar-refractivity contribution is 6.33. The molecule has 0 unspecified atom stereocenters. The van der Waals surface area contributed by atoms with Crippen LogP contribution >= 0.6 is 11.6 Å². The zero-order chi connectivity index (χ0) is 19.3. The van der Waals surface area contributed by atoms with Gasteiger partial charge in [-0.2, -0.15) is 0 Å². The van der Waals surface area contributed by atoms with E-state index < -0.39 is 0 Å². The molecule has 4 rings (SSSR count). The Morgan fingerprint density at radius 1 is 1.25 bits per heavy atom. The van der Waals surface area contributed by atoms with Crippen molar-refractivity contribution in [3.8, 4) is 11.1 Å². The van der Waals surface area contributed by atoms with E-state index in [0.29, 0.717) is 17.4 Å². The maximum absolute atomic E-state index is 12.3. The van der Waals surface area contributed by atoms with Crippen LogP contribution < -0.4 is 10.6 Å². The maximum atomic E-state index is 12.3. The third kappa shape index (κ3) is 4.72. The van der Waals surface area contributed by atoms with Gasteiger partial charge in [-0.15, -0.1) is 0 Å². The Kier molecular flexibility index (Phi) is 6.25. The van der Waals surface area contributed by atoms with Gasteiger partial charge in [0.1, 0.15) is 5.78 Å². The molecule has 0 spiro atoms. The number of nitrogens with zero attached hydrogens (tertiary/aromatic N) is 1. The molecule has 0 aliphatic carbocycles. The second-order valence-corrected chi connectivity index (χ2v) is 8.08. The summed E-state index contributed by atoms with van der Waals surface area (Å²) in [6.45, 7) is 4.22. The summed E-state index contributed by atoms with van der Waals surface area (Å²) in [4.78, 5) is 16.6. The van der Waals surface area contributed by atoms with Crippen molar-refractivity contribution in [3.05, 3.63) is 47.2 Å². The Hall–Kier alpha value is -1.95. The summed E-state index contributed by atoms with van der Waals surface area (Å²) in [5.74, 6) is 1.02. The molecule has 0 radical (unpaired) electrons. The van der Waals surface area contributed by atoms with Gasteiger partial charge in [0.2, 0.25) is 0 Å². The highest BCUT2D eigenvalue weighted by Gasteiger charge is 2.25. The molecule has 148 valence electrons. The first-order valence-electron chi connectivity index (χ1n) is 9.99. The van der Waals surface area contributed by atoms with Crippen molar-refractivity contribution < 1.29 is 9.53 Å². The largest absolute Gasteiger partial charge is 0.385 e. The molecule has 2 aliphatic heterocycles. The summed E-state index contributed by atoms with van der Waals surface area (Å²) in [6.07, 6.45) is 4.23. The predicted molar refractivity (Wildman–Crippen MR) is 112 cm³/mol. The van der Waals surface area contributed by atoms with Gasteiger partial charge in [-0.3, -0.25) is 9.78 Å². The van der Waals surface area contributed by atoms with Crippen molar-refractivity contribution in [2.75, 3.05) is 38.2 Å². The van der Waals surface area contributed by atoms with Crippen molar-refractivity contribution in [1.29, 1.82) is 0 Å². The molecule has 2 saturated heterocycles. The molecule has 0 atom stereocenters. The van der Waals surface area contributed by atoms with E-state index in [9.17, 15) is 4.79 Å². The molecule has 2 fully saturated rings. The number of pyridine rings is 1. The average Bonchev–Trinajstić information content (AvgIpc) is 2.67. The summed E-state index contributed by atoms with van der Waals surface area (Å²) < 4.78 is 5.43. The number of rotatable bonds is 7. The van der Waals surface area contributed by atoms with Crippen LogP contribution in [0.25, 0.3) is 11.1 Å². The second kappa shape index (κ2) is 9.03. The van der Waals surface area contributed by atoms with Gasteiger partial charge in [-0.05, 0) is 42.5 Å². The zero-order valence-corrected chi connectivity index (χ0v) is 16.7. The summed E-state index contributed by atoms with van der Waals surface area (Å²) in [5.41, 5.74) is 3.80. The quantitative estimate of drug-likeness (QED) is 0.745. The van der Waals surface area contributed by atoms with Crippen LogP contribution in [0.3, 0.4) is 0 Å². The molecular formula is C22H26ClN3O2. The Bertz CT molecular complexity index is 832. The monoisotopic (exact) mass is 399 g/mol. The van der Waals surface area contributed by atoms with Crippen molar-refractivity contribution in [2.24, 2.45) is 11.8 Å². The summed E-state index contributed by atoms with van der Waals surface area (Å²) in [5, 5.41) is 7.29. The van der Waals surface area contributed by atoms with Crippen molar-refractivity contribution in [2.45, 2.75) is 19.3 Å². The number of nitrogens with one attached hydrogen (secondary N) is 2.